The first-order valence-electron chi connectivity index (χ1n) is 7.57. The lowest BCUT2D eigenvalue weighted by molar-refractivity contribution is -0.000608. The molecule has 7 nitrogen and oxygen atoms in total. The number of hydrogen-bond donors (Lipinski definition) is 1. The largest absolute Gasteiger partial charge is 0.373 e. The van der Waals surface area contributed by atoms with E-state index in [0.29, 0.717) is 19.7 Å². The molecule has 0 bridgehead atoms. The minimum atomic E-state index is -0.316. The zero-order valence-electron chi connectivity index (χ0n) is 12.6. The van der Waals surface area contributed by atoms with Crippen molar-refractivity contribution in [1.29, 1.82) is 0 Å². The number of carbonyl (C=O) groups is 1. The summed E-state index contributed by atoms with van der Waals surface area (Å²) in [7, 11) is 0. The standard InChI is InChI=1S/C16H18N4O3/c21-15-10-18-14(9-19-15)16(22)20-6-3-13(4-7-20)23-11-12-2-1-5-17-8-12/h1-2,5,8-10,13H,3-4,6-7,11H2,(H,19,21). The Morgan fingerprint density at radius 3 is 2.83 bits per heavy atom. The van der Waals surface area contributed by atoms with Gasteiger partial charge < -0.3 is 14.6 Å². The molecular formula is C16H18N4O3. The van der Waals surface area contributed by atoms with Gasteiger partial charge in [0.05, 0.1) is 18.9 Å². The Kier molecular flexibility index (Phi) is 4.77. The Hall–Kier alpha value is -2.54. The first-order chi connectivity index (χ1) is 11.2. The molecule has 0 saturated carbocycles. The average molecular weight is 314 g/mol. The van der Waals surface area contributed by atoms with Crippen molar-refractivity contribution in [2.45, 2.75) is 25.6 Å². The monoisotopic (exact) mass is 314 g/mol. The van der Waals surface area contributed by atoms with Crippen LogP contribution in [0.2, 0.25) is 0 Å². The molecule has 0 radical (unpaired) electrons. The number of piperidine rings is 1. The van der Waals surface area contributed by atoms with E-state index in [1.165, 1.54) is 6.20 Å². The van der Waals surface area contributed by atoms with Gasteiger partial charge in [-0.05, 0) is 24.5 Å². The fourth-order valence-electron chi connectivity index (χ4n) is 2.54. The van der Waals surface area contributed by atoms with Gasteiger partial charge in [0.15, 0.2) is 0 Å². The maximum Gasteiger partial charge on any atom is 0.273 e. The van der Waals surface area contributed by atoms with Gasteiger partial charge in [-0.3, -0.25) is 14.6 Å². The Balaban J connectivity index is 1.49. The molecule has 3 rings (SSSR count). The van der Waals surface area contributed by atoms with Crippen LogP contribution in [0.15, 0.2) is 41.7 Å². The van der Waals surface area contributed by atoms with Crippen LogP contribution in [0.5, 0.6) is 0 Å². The molecule has 0 aromatic carbocycles. The molecule has 1 fully saturated rings. The van der Waals surface area contributed by atoms with E-state index < -0.39 is 0 Å². The zero-order chi connectivity index (χ0) is 16.1. The van der Waals surface area contributed by atoms with Crippen molar-refractivity contribution in [1.82, 2.24) is 19.9 Å². The molecule has 1 aliphatic heterocycles. The van der Waals surface area contributed by atoms with E-state index in [2.05, 4.69) is 15.0 Å². The van der Waals surface area contributed by atoms with Crippen LogP contribution in [0.3, 0.4) is 0 Å². The lowest BCUT2D eigenvalue weighted by Crippen LogP contribution is -2.41. The highest BCUT2D eigenvalue weighted by Gasteiger charge is 2.24. The molecule has 1 N–H and O–H groups in total. The summed E-state index contributed by atoms with van der Waals surface area (Å²) >= 11 is 0. The topological polar surface area (TPSA) is 88.2 Å². The molecular weight excluding hydrogens is 296 g/mol. The maximum absolute atomic E-state index is 12.3. The number of pyridine rings is 1. The number of rotatable bonds is 4. The molecule has 1 saturated heterocycles. The van der Waals surface area contributed by atoms with E-state index in [1.54, 1.807) is 17.3 Å². The van der Waals surface area contributed by atoms with Crippen LogP contribution in [0.1, 0.15) is 28.9 Å². The number of aromatic nitrogens is 3. The Bertz CT molecular complexity index is 688. The Morgan fingerprint density at radius 1 is 1.35 bits per heavy atom. The minimum Gasteiger partial charge on any atom is -0.373 e. The van der Waals surface area contributed by atoms with Crippen LogP contribution < -0.4 is 5.56 Å². The number of nitrogens with one attached hydrogen (secondary N) is 1. The van der Waals surface area contributed by atoms with Gasteiger partial charge in [-0.1, -0.05) is 6.07 Å². The molecule has 1 amide bonds. The van der Waals surface area contributed by atoms with Crippen LogP contribution in [-0.2, 0) is 11.3 Å². The number of nitrogens with zero attached hydrogens (tertiary/aromatic N) is 3. The third-order valence-corrected chi connectivity index (χ3v) is 3.83. The van der Waals surface area contributed by atoms with Crippen LogP contribution in [0, 0.1) is 0 Å². The summed E-state index contributed by atoms with van der Waals surface area (Å²) in [4.78, 5) is 35.4. The molecule has 2 aromatic rings. The molecule has 120 valence electrons. The van der Waals surface area contributed by atoms with E-state index in [4.69, 9.17) is 4.74 Å². The molecule has 0 spiro atoms. The van der Waals surface area contributed by atoms with Crippen molar-refractivity contribution in [3.05, 3.63) is 58.5 Å². The van der Waals surface area contributed by atoms with Crippen molar-refractivity contribution in [2.75, 3.05) is 13.1 Å². The van der Waals surface area contributed by atoms with Crippen LogP contribution in [-0.4, -0.2) is 45.0 Å². The second-order valence-corrected chi connectivity index (χ2v) is 5.46. The molecule has 0 aliphatic carbocycles. The summed E-state index contributed by atoms with van der Waals surface area (Å²) in [5.41, 5.74) is 0.992. The quantitative estimate of drug-likeness (QED) is 0.909. The van der Waals surface area contributed by atoms with Crippen LogP contribution >= 0.6 is 0 Å². The number of ether oxygens (including phenoxy) is 1. The fraction of sp³-hybridized carbons (Fsp3) is 0.375. The van der Waals surface area contributed by atoms with Gasteiger partial charge in [-0.2, -0.15) is 0 Å². The van der Waals surface area contributed by atoms with Crippen molar-refractivity contribution >= 4 is 5.91 Å². The van der Waals surface area contributed by atoms with Crippen molar-refractivity contribution in [3.8, 4) is 0 Å². The normalized spacial score (nSPS) is 15.6. The number of likely N-dealkylation sites (tertiary alicyclic amines) is 1. The summed E-state index contributed by atoms with van der Waals surface area (Å²) in [6, 6.07) is 3.87. The van der Waals surface area contributed by atoms with Crippen LogP contribution in [0.25, 0.3) is 0 Å². The number of aromatic amines is 1. The van der Waals surface area contributed by atoms with E-state index >= 15 is 0 Å². The van der Waals surface area contributed by atoms with Crippen LogP contribution in [0.4, 0.5) is 0 Å². The van der Waals surface area contributed by atoms with Crippen molar-refractivity contribution in [2.24, 2.45) is 0 Å². The van der Waals surface area contributed by atoms with Gasteiger partial charge in [0.2, 0.25) is 0 Å². The first kappa shape index (κ1) is 15.4. The number of carbonyl (C=O) groups excluding carboxylic acids is 1. The Morgan fingerprint density at radius 2 is 2.17 bits per heavy atom. The van der Waals surface area contributed by atoms with Crippen molar-refractivity contribution < 1.29 is 9.53 Å². The van der Waals surface area contributed by atoms with Gasteiger partial charge in [-0.15, -0.1) is 0 Å². The highest BCUT2D eigenvalue weighted by atomic mass is 16.5. The van der Waals surface area contributed by atoms with Gasteiger partial charge in [0.1, 0.15) is 5.69 Å². The van der Waals surface area contributed by atoms with E-state index in [9.17, 15) is 9.59 Å². The molecule has 2 aromatic heterocycles. The number of hydrogen-bond acceptors (Lipinski definition) is 5. The third kappa shape index (κ3) is 4.01. The van der Waals surface area contributed by atoms with Gasteiger partial charge >= 0.3 is 0 Å². The zero-order valence-corrected chi connectivity index (χ0v) is 12.6. The lowest BCUT2D eigenvalue weighted by Gasteiger charge is -2.31. The summed E-state index contributed by atoms with van der Waals surface area (Å²) in [6.07, 6.45) is 7.72. The molecule has 3 heterocycles. The SMILES string of the molecule is O=C(c1c[nH]c(=O)cn1)N1CCC(OCc2cccnc2)CC1. The predicted octanol–water partition coefficient (Wildman–Crippen LogP) is 0.986. The highest BCUT2D eigenvalue weighted by Crippen LogP contribution is 2.16. The summed E-state index contributed by atoms with van der Waals surface area (Å²) in [5.74, 6) is -0.160. The van der Waals surface area contributed by atoms with Crippen molar-refractivity contribution in [3.63, 3.8) is 0 Å². The minimum absolute atomic E-state index is 0.141. The second kappa shape index (κ2) is 7.15. The number of amides is 1. The summed E-state index contributed by atoms with van der Waals surface area (Å²) in [6.45, 7) is 1.78. The predicted molar refractivity (Wildman–Crippen MR) is 82.8 cm³/mol. The highest BCUT2D eigenvalue weighted by molar-refractivity contribution is 5.92. The first-order valence-corrected chi connectivity index (χ1v) is 7.57. The molecule has 1 aliphatic rings. The van der Waals surface area contributed by atoms with E-state index in [1.807, 2.05) is 12.1 Å². The molecule has 0 atom stereocenters. The van der Waals surface area contributed by atoms with Gasteiger partial charge in [0, 0.05) is 31.7 Å². The molecule has 0 unspecified atom stereocenters. The summed E-state index contributed by atoms with van der Waals surface area (Å²) in [5, 5.41) is 0. The smallest absolute Gasteiger partial charge is 0.273 e. The lowest BCUT2D eigenvalue weighted by atomic mass is 10.1. The van der Waals surface area contributed by atoms with Gasteiger partial charge in [-0.25, -0.2) is 4.98 Å². The molecule has 23 heavy (non-hydrogen) atoms. The fourth-order valence-corrected chi connectivity index (χ4v) is 2.54. The third-order valence-electron chi connectivity index (χ3n) is 3.83. The summed E-state index contributed by atoms with van der Waals surface area (Å²) < 4.78 is 5.88. The van der Waals surface area contributed by atoms with E-state index in [-0.39, 0.29) is 23.3 Å². The maximum atomic E-state index is 12.3. The average Bonchev–Trinajstić information content (AvgIpc) is 2.61. The van der Waals surface area contributed by atoms with E-state index in [0.717, 1.165) is 24.6 Å². The number of H-pyrrole nitrogens is 1. The Labute approximate surface area is 133 Å². The van der Waals surface area contributed by atoms with Gasteiger partial charge in [0.25, 0.3) is 11.5 Å². The molecule has 7 heteroatoms. The second-order valence-electron chi connectivity index (χ2n) is 5.46.